The van der Waals surface area contributed by atoms with E-state index in [-0.39, 0.29) is 5.69 Å². The average molecular weight is 288 g/mol. The Kier molecular flexibility index (Phi) is 3.56. The van der Waals surface area contributed by atoms with Crippen LogP contribution in [0.1, 0.15) is 22.3 Å². The summed E-state index contributed by atoms with van der Waals surface area (Å²) in [4.78, 5) is 12.1. The first-order chi connectivity index (χ1) is 10.1. The van der Waals surface area contributed by atoms with E-state index in [0.29, 0.717) is 5.56 Å². The molecule has 21 heavy (non-hydrogen) atoms. The van der Waals surface area contributed by atoms with Gasteiger partial charge in [0.05, 0.1) is 5.69 Å². The summed E-state index contributed by atoms with van der Waals surface area (Å²) < 4.78 is 26.6. The Hall–Kier alpha value is -2.43. The van der Waals surface area contributed by atoms with Gasteiger partial charge in [-0.2, -0.15) is 0 Å². The van der Waals surface area contributed by atoms with E-state index in [0.717, 1.165) is 48.8 Å². The molecule has 2 aromatic rings. The van der Waals surface area contributed by atoms with Crippen molar-refractivity contribution < 1.29 is 13.6 Å². The fourth-order valence-corrected chi connectivity index (χ4v) is 2.40. The molecule has 2 aromatic carbocycles. The molecule has 0 aromatic heterocycles. The third-order valence-corrected chi connectivity index (χ3v) is 3.48. The lowest BCUT2D eigenvalue weighted by molar-refractivity contribution is 0.102. The molecule has 0 fully saturated rings. The molecule has 0 atom stereocenters. The Balaban J connectivity index is 1.83. The highest BCUT2D eigenvalue weighted by atomic mass is 19.1. The minimum absolute atomic E-state index is 0.157. The molecule has 1 amide bonds. The molecule has 1 aliphatic heterocycles. The maximum atomic E-state index is 13.5. The molecule has 0 saturated heterocycles. The van der Waals surface area contributed by atoms with E-state index < -0.39 is 17.5 Å². The molecule has 1 aliphatic rings. The van der Waals surface area contributed by atoms with Crippen molar-refractivity contribution in [1.29, 1.82) is 0 Å². The standard InChI is InChI=1S/C16H14F2N2O/c17-12-4-5-13(18)15(9-12)20-16(21)11-3-6-14-10(8-11)2-1-7-19-14/h3-6,8-9,19H,1-2,7H2,(H,20,21). The maximum absolute atomic E-state index is 13.5. The Morgan fingerprint density at radius 3 is 2.86 bits per heavy atom. The van der Waals surface area contributed by atoms with Gasteiger partial charge in [0, 0.05) is 23.9 Å². The van der Waals surface area contributed by atoms with Gasteiger partial charge in [-0.1, -0.05) is 0 Å². The largest absolute Gasteiger partial charge is 0.385 e. The number of rotatable bonds is 2. The minimum Gasteiger partial charge on any atom is -0.385 e. The lowest BCUT2D eigenvalue weighted by Gasteiger charge is -2.18. The third-order valence-electron chi connectivity index (χ3n) is 3.48. The minimum atomic E-state index is -0.663. The Morgan fingerprint density at radius 2 is 2.00 bits per heavy atom. The molecule has 0 bridgehead atoms. The predicted octanol–water partition coefficient (Wildman–Crippen LogP) is 3.58. The van der Waals surface area contributed by atoms with Crippen LogP contribution in [0.3, 0.4) is 0 Å². The number of amides is 1. The van der Waals surface area contributed by atoms with Crippen LogP contribution in [-0.2, 0) is 6.42 Å². The van der Waals surface area contributed by atoms with E-state index in [9.17, 15) is 13.6 Å². The molecule has 1 heterocycles. The normalized spacial score (nSPS) is 13.2. The van der Waals surface area contributed by atoms with Crippen molar-refractivity contribution in [3.05, 3.63) is 59.2 Å². The van der Waals surface area contributed by atoms with Crippen molar-refractivity contribution >= 4 is 17.3 Å². The summed E-state index contributed by atoms with van der Waals surface area (Å²) in [5.41, 5.74) is 2.36. The van der Waals surface area contributed by atoms with Crippen LogP contribution in [0, 0.1) is 11.6 Å². The van der Waals surface area contributed by atoms with Crippen LogP contribution in [0.5, 0.6) is 0 Å². The predicted molar refractivity (Wildman–Crippen MR) is 77.6 cm³/mol. The van der Waals surface area contributed by atoms with Crippen molar-refractivity contribution in [1.82, 2.24) is 0 Å². The van der Waals surface area contributed by atoms with Gasteiger partial charge in [0.1, 0.15) is 11.6 Å². The molecular weight excluding hydrogens is 274 g/mol. The zero-order valence-electron chi connectivity index (χ0n) is 11.2. The Morgan fingerprint density at radius 1 is 1.14 bits per heavy atom. The van der Waals surface area contributed by atoms with Gasteiger partial charge in [-0.25, -0.2) is 8.78 Å². The Labute approximate surface area is 121 Å². The molecule has 0 radical (unpaired) electrons. The van der Waals surface area contributed by atoms with Gasteiger partial charge in [-0.05, 0) is 48.7 Å². The summed E-state index contributed by atoms with van der Waals surface area (Å²) in [5.74, 6) is -1.71. The monoisotopic (exact) mass is 288 g/mol. The average Bonchev–Trinajstić information content (AvgIpc) is 2.50. The quantitative estimate of drug-likeness (QED) is 0.887. The number of nitrogens with one attached hydrogen (secondary N) is 2. The number of aryl methyl sites for hydroxylation is 1. The van der Waals surface area contributed by atoms with Gasteiger partial charge >= 0.3 is 0 Å². The van der Waals surface area contributed by atoms with Gasteiger partial charge in [0.15, 0.2) is 0 Å². The third kappa shape index (κ3) is 2.86. The summed E-state index contributed by atoms with van der Waals surface area (Å²) in [5, 5.41) is 5.65. The van der Waals surface area contributed by atoms with Gasteiger partial charge in [-0.15, -0.1) is 0 Å². The van der Waals surface area contributed by atoms with E-state index in [2.05, 4.69) is 10.6 Å². The second-order valence-corrected chi connectivity index (χ2v) is 4.98. The number of anilines is 2. The van der Waals surface area contributed by atoms with Crippen molar-refractivity contribution in [2.45, 2.75) is 12.8 Å². The fourth-order valence-electron chi connectivity index (χ4n) is 2.40. The van der Waals surface area contributed by atoms with Crippen molar-refractivity contribution in [3.8, 4) is 0 Å². The van der Waals surface area contributed by atoms with E-state index in [1.807, 2.05) is 6.07 Å². The number of fused-ring (bicyclic) bond motifs is 1. The van der Waals surface area contributed by atoms with Crippen LogP contribution in [-0.4, -0.2) is 12.5 Å². The highest BCUT2D eigenvalue weighted by molar-refractivity contribution is 6.04. The number of carbonyl (C=O) groups is 1. The summed E-state index contributed by atoms with van der Waals surface area (Å²) in [6.45, 7) is 0.924. The van der Waals surface area contributed by atoms with Crippen LogP contribution in [0.2, 0.25) is 0 Å². The second-order valence-electron chi connectivity index (χ2n) is 4.98. The number of hydrogen-bond donors (Lipinski definition) is 2. The topological polar surface area (TPSA) is 41.1 Å². The smallest absolute Gasteiger partial charge is 0.255 e. The number of benzene rings is 2. The highest BCUT2D eigenvalue weighted by Crippen LogP contribution is 2.24. The zero-order chi connectivity index (χ0) is 14.8. The number of carbonyl (C=O) groups excluding carboxylic acids is 1. The molecule has 0 saturated carbocycles. The second kappa shape index (κ2) is 5.52. The molecule has 3 rings (SSSR count). The molecular formula is C16H14F2N2O. The first-order valence-corrected chi connectivity index (χ1v) is 6.77. The van der Waals surface area contributed by atoms with Crippen LogP contribution in [0.25, 0.3) is 0 Å². The van der Waals surface area contributed by atoms with E-state index >= 15 is 0 Å². The fraction of sp³-hybridized carbons (Fsp3) is 0.188. The maximum Gasteiger partial charge on any atom is 0.255 e. The van der Waals surface area contributed by atoms with Crippen molar-refractivity contribution in [2.75, 3.05) is 17.2 Å². The summed E-state index contributed by atoms with van der Waals surface area (Å²) in [7, 11) is 0. The van der Waals surface area contributed by atoms with Gasteiger partial charge < -0.3 is 10.6 Å². The van der Waals surface area contributed by atoms with Crippen molar-refractivity contribution in [3.63, 3.8) is 0 Å². The molecule has 108 valence electrons. The summed E-state index contributed by atoms with van der Waals surface area (Å²) in [6.07, 6.45) is 1.91. The highest BCUT2D eigenvalue weighted by Gasteiger charge is 2.14. The number of hydrogen-bond acceptors (Lipinski definition) is 2. The van der Waals surface area contributed by atoms with E-state index in [1.54, 1.807) is 12.1 Å². The molecule has 0 spiro atoms. The molecule has 5 heteroatoms. The van der Waals surface area contributed by atoms with Crippen LogP contribution < -0.4 is 10.6 Å². The zero-order valence-corrected chi connectivity index (χ0v) is 11.2. The van der Waals surface area contributed by atoms with E-state index in [4.69, 9.17) is 0 Å². The molecule has 0 aliphatic carbocycles. The number of halogens is 2. The molecule has 2 N–H and O–H groups in total. The van der Waals surface area contributed by atoms with Crippen molar-refractivity contribution in [2.24, 2.45) is 0 Å². The first-order valence-electron chi connectivity index (χ1n) is 6.77. The lowest BCUT2D eigenvalue weighted by Crippen LogP contribution is -2.16. The van der Waals surface area contributed by atoms with E-state index in [1.165, 1.54) is 0 Å². The lowest BCUT2D eigenvalue weighted by atomic mass is 10.0. The van der Waals surface area contributed by atoms with Crippen LogP contribution >= 0.6 is 0 Å². The van der Waals surface area contributed by atoms with Crippen LogP contribution in [0.15, 0.2) is 36.4 Å². The first kappa shape index (κ1) is 13.5. The summed E-state index contributed by atoms with van der Waals surface area (Å²) >= 11 is 0. The van der Waals surface area contributed by atoms with Gasteiger partial charge in [0.2, 0.25) is 0 Å². The van der Waals surface area contributed by atoms with Gasteiger partial charge in [0.25, 0.3) is 5.91 Å². The Bertz CT molecular complexity index is 701. The SMILES string of the molecule is O=C(Nc1cc(F)ccc1F)c1ccc2c(c1)CCCN2. The van der Waals surface area contributed by atoms with Gasteiger partial charge in [-0.3, -0.25) is 4.79 Å². The van der Waals surface area contributed by atoms with Crippen LogP contribution in [0.4, 0.5) is 20.2 Å². The molecule has 0 unspecified atom stereocenters. The summed E-state index contributed by atoms with van der Waals surface area (Å²) in [6, 6.07) is 8.26. The molecule has 3 nitrogen and oxygen atoms in total.